The molecule has 1 aliphatic heterocycles. The molecule has 0 radical (unpaired) electrons. The Hall–Kier alpha value is -0.660. The van der Waals surface area contributed by atoms with Gasteiger partial charge in [-0.2, -0.15) is 13.2 Å². The summed E-state index contributed by atoms with van der Waals surface area (Å²) in [7, 11) is 0. The number of rotatable bonds is 2. The Morgan fingerprint density at radius 3 is 2.76 bits per heavy atom. The van der Waals surface area contributed by atoms with Crippen molar-refractivity contribution < 1.29 is 17.9 Å². The van der Waals surface area contributed by atoms with Crippen LogP contribution in [0.3, 0.4) is 0 Å². The lowest BCUT2D eigenvalue weighted by Crippen LogP contribution is -2.48. The highest BCUT2D eigenvalue weighted by Crippen LogP contribution is 2.38. The molecule has 2 rings (SSSR count). The van der Waals surface area contributed by atoms with Gasteiger partial charge in [-0.15, -0.1) is 11.3 Å². The van der Waals surface area contributed by atoms with Gasteiger partial charge < -0.3 is 10.5 Å². The van der Waals surface area contributed by atoms with Crippen LogP contribution in [0.4, 0.5) is 13.2 Å². The maximum atomic E-state index is 12.7. The lowest BCUT2D eigenvalue weighted by Gasteiger charge is -2.25. The van der Waals surface area contributed by atoms with Crippen LogP contribution in [0.2, 0.25) is 0 Å². The Labute approximate surface area is 101 Å². The zero-order chi connectivity index (χ0) is 12.7. The zero-order valence-corrected chi connectivity index (χ0v) is 10.1. The Morgan fingerprint density at radius 2 is 2.24 bits per heavy atom. The van der Waals surface area contributed by atoms with Gasteiger partial charge in [-0.1, -0.05) is 0 Å². The maximum absolute atomic E-state index is 12.7. The second kappa shape index (κ2) is 4.22. The maximum Gasteiger partial charge on any atom is 0.411 e. The number of thiazole rings is 1. The third kappa shape index (κ3) is 2.31. The number of aromatic nitrogens is 1. The van der Waals surface area contributed by atoms with E-state index in [1.54, 1.807) is 0 Å². The molecule has 1 aromatic rings. The first-order chi connectivity index (χ1) is 7.82. The van der Waals surface area contributed by atoms with E-state index >= 15 is 0 Å². The monoisotopic (exact) mass is 266 g/mol. The molecule has 0 bridgehead atoms. The van der Waals surface area contributed by atoms with Crippen LogP contribution in [-0.2, 0) is 10.3 Å². The van der Waals surface area contributed by atoms with Gasteiger partial charge in [0, 0.05) is 12.0 Å². The molecular formula is C10H13F3N2OS. The van der Waals surface area contributed by atoms with E-state index in [0.717, 1.165) is 19.8 Å². The van der Waals surface area contributed by atoms with Crippen molar-refractivity contribution in [1.29, 1.82) is 0 Å². The van der Waals surface area contributed by atoms with Gasteiger partial charge in [0.15, 0.2) is 5.54 Å². The lowest BCUT2D eigenvalue weighted by molar-refractivity contribution is -0.185. The number of alkyl halides is 3. The van der Waals surface area contributed by atoms with Crippen LogP contribution in [0, 0.1) is 0 Å². The summed E-state index contributed by atoms with van der Waals surface area (Å²) in [5, 5.41) is 1.95. The normalized spacial score (nSPS) is 24.9. The van der Waals surface area contributed by atoms with E-state index in [0.29, 0.717) is 11.6 Å². The highest BCUT2D eigenvalue weighted by Gasteiger charge is 2.51. The molecule has 0 aliphatic carbocycles. The Bertz CT molecular complexity index is 397. The quantitative estimate of drug-likeness (QED) is 0.895. The third-order valence-electron chi connectivity index (χ3n) is 2.85. The van der Waals surface area contributed by atoms with Gasteiger partial charge in [0.05, 0.1) is 5.69 Å². The van der Waals surface area contributed by atoms with Crippen molar-refractivity contribution >= 4 is 11.3 Å². The van der Waals surface area contributed by atoms with Gasteiger partial charge >= 0.3 is 6.18 Å². The molecule has 0 aromatic carbocycles. The fraction of sp³-hybridized carbons (Fsp3) is 0.700. The minimum Gasteiger partial charge on any atom is -0.371 e. The van der Waals surface area contributed by atoms with Gasteiger partial charge in [0.2, 0.25) is 0 Å². The molecule has 2 heterocycles. The summed E-state index contributed by atoms with van der Waals surface area (Å²) in [4.78, 5) is 3.98. The molecule has 17 heavy (non-hydrogen) atoms. The number of hydrogen-bond donors (Lipinski definition) is 1. The number of nitrogens with two attached hydrogens (primary N) is 1. The third-order valence-corrected chi connectivity index (χ3v) is 3.78. The molecule has 1 saturated heterocycles. The summed E-state index contributed by atoms with van der Waals surface area (Å²) in [6.45, 7) is 1.57. The minimum absolute atomic E-state index is 0.138. The molecule has 3 nitrogen and oxygen atoms in total. The summed E-state index contributed by atoms with van der Waals surface area (Å²) in [5.41, 5.74) is 2.76. The van der Waals surface area contributed by atoms with Crippen molar-refractivity contribution in [2.24, 2.45) is 5.73 Å². The van der Waals surface area contributed by atoms with E-state index in [2.05, 4.69) is 4.98 Å². The molecule has 7 heteroatoms. The Morgan fingerprint density at radius 1 is 1.53 bits per heavy atom. The second-order valence-corrected chi connectivity index (χ2v) is 5.16. The molecule has 96 valence electrons. The van der Waals surface area contributed by atoms with E-state index in [1.807, 2.05) is 0 Å². The van der Waals surface area contributed by atoms with E-state index in [4.69, 9.17) is 10.5 Å². The SMILES string of the molecule is CC(N)(c1csc(C2CCCO2)n1)C(F)(F)F. The first kappa shape index (κ1) is 12.8. The number of hydrogen-bond acceptors (Lipinski definition) is 4. The van der Waals surface area contributed by atoms with Crippen molar-refractivity contribution in [3.63, 3.8) is 0 Å². The fourth-order valence-corrected chi connectivity index (χ4v) is 2.61. The van der Waals surface area contributed by atoms with Crippen molar-refractivity contribution in [2.75, 3.05) is 6.61 Å². The van der Waals surface area contributed by atoms with E-state index in [-0.39, 0.29) is 11.8 Å². The van der Waals surface area contributed by atoms with Gasteiger partial charge in [-0.25, -0.2) is 4.98 Å². The number of halogens is 3. The Kier molecular flexibility index (Phi) is 3.17. The average Bonchev–Trinajstić information content (AvgIpc) is 2.87. The first-order valence-corrected chi connectivity index (χ1v) is 6.13. The van der Waals surface area contributed by atoms with Crippen LogP contribution in [0.25, 0.3) is 0 Å². The van der Waals surface area contributed by atoms with Crippen molar-refractivity contribution in [3.8, 4) is 0 Å². The largest absolute Gasteiger partial charge is 0.411 e. The fourth-order valence-electron chi connectivity index (χ4n) is 1.59. The van der Waals surface area contributed by atoms with E-state index in [9.17, 15) is 13.2 Å². The summed E-state index contributed by atoms with van der Waals surface area (Å²) >= 11 is 1.17. The van der Waals surface area contributed by atoms with Crippen LogP contribution in [0.1, 0.15) is 36.6 Å². The molecule has 2 atom stereocenters. The lowest BCUT2D eigenvalue weighted by atomic mass is 10.00. The highest BCUT2D eigenvalue weighted by atomic mass is 32.1. The topological polar surface area (TPSA) is 48.1 Å². The molecule has 0 amide bonds. The smallest absolute Gasteiger partial charge is 0.371 e. The van der Waals surface area contributed by atoms with E-state index < -0.39 is 11.7 Å². The summed E-state index contributed by atoms with van der Waals surface area (Å²) in [6, 6.07) is 0. The first-order valence-electron chi connectivity index (χ1n) is 5.25. The van der Waals surface area contributed by atoms with Gasteiger partial charge in [0.1, 0.15) is 11.1 Å². The minimum atomic E-state index is -4.51. The highest BCUT2D eigenvalue weighted by molar-refractivity contribution is 7.09. The van der Waals surface area contributed by atoms with Crippen LogP contribution in [-0.4, -0.2) is 17.8 Å². The molecule has 2 N–H and O–H groups in total. The standard InChI is InChI=1S/C10H13F3N2OS/c1-9(14,10(11,12)13)7-5-17-8(15-7)6-3-2-4-16-6/h5-6H,2-4,14H2,1H3. The number of ether oxygens (including phenoxy) is 1. The van der Waals surface area contributed by atoms with Gasteiger partial charge in [0.25, 0.3) is 0 Å². The molecule has 1 aliphatic rings. The summed E-state index contributed by atoms with van der Waals surface area (Å²) in [6.07, 6.45) is -2.95. The van der Waals surface area contributed by atoms with E-state index in [1.165, 1.54) is 16.7 Å². The molecule has 2 unspecified atom stereocenters. The predicted molar refractivity (Wildman–Crippen MR) is 57.6 cm³/mol. The molecular weight excluding hydrogens is 253 g/mol. The molecule has 0 spiro atoms. The van der Waals surface area contributed by atoms with Crippen molar-refractivity contribution in [3.05, 3.63) is 16.1 Å². The van der Waals surface area contributed by atoms with Crippen LogP contribution in [0.5, 0.6) is 0 Å². The predicted octanol–water partition coefficient (Wildman–Crippen LogP) is 2.73. The number of nitrogens with zero attached hydrogens (tertiary/aromatic N) is 1. The zero-order valence-electron chi connectivity index (χ0n) is 9.25. The summed E-state index contributed by atoms with van der Waals surface area (Å²) < 4.78 is 43.5. The molecule has 1 fully saturated rings. The molecule has 0 saturated carbocycles. The van der Waals surface area contributed by atoms with Crippen LogP contribution >= 0.6 is 11.3 Å². The van der Waals surface area contributed by atoms with Crippen molar-refractivity contribution in [1.82, 2.24) is 4.98 Å². The summed E-state index contributed by atoms with van der Waals surface area (Å²) in [5.74, 6) is 0. The van der Waals surface area contributed by atoms with Crippen LogP contribution in [0.15, 0.2) is 5.38 Å². The Balaban J connectivity index is 2.23. The van der Waals surface area contributed by atoms with Crippen molar-refractivity contribution in [2.45, 2.75) is 37.6 Å². The second-order valence-electron chi connectivity index (χ2n) is 4.27. The van der Waals surface area contributed by atoms with Gasteiger partial charge in [-0.05, 0) is 19.8 Å². The van der Waals surface area contributed by atoms with Crippen LogP contribution < -0.4 is 5.73 Å². The molecule has 1 aromatic heterocycles. The van der Waals surface area contributed by atoms with Gasteiger partial charge in [-0.3, -0.25) is 0 Å². The average molecular weight is 266 g/mol.